The molecule has 0 aliphatic heterocycles. The third-order valence-electron chi connectivity index (χ3n) is 2.96. The van der Waals surface area contributed by atoms with E-state index in [0.29, 0.717) is 11.8 Å². The Bertz CT molecular complexity index is 257. The van der Waals surface area contributed by atoms with Crippen molar-refractivity contribution >= 4 is 11.3 Å². The van der Waals surface area contributed by atoms with E-state index in [1.54, 1.807) is 11.3 Å². The highest BCUT2D eigenvalue weighted by atomic mass is 32.1. The predicted molar refractivity (Wildman–Crippen MR) is 70.9 cm³/mol. The second-order valence-electron chi connectivity index (χ2n) is 4.27. The summed E-state index contributed by atoms with van der Waals surface area (Å²) in [6.45, 7) is 7.29. The average Bonchev–Trinajstić information content (AvgIpc) is 2.82. The number of nitrogens with one attached hydrogen (secondary N) is 1. The molecule has 0 radical (unpaired) electrons. The van der Waals surface area contributed by atoms with Gasteiger partial charge in [-0.2, -0.15) is 0 Å². The molecule has 92 valence electrons. The summed E-state index contributed by atoms with van der Waals surface area (Å²) in [5.74, 6) is 1.18. The van der Waals surface area contributed by atoms with Crippen molar-refractivity contribution in [1.29, 1.82) is 0 Å². The summed E-state index contributed by atoms with van der Waals surface area (Å²) in [6.07, 6.45) is 4.23. The Labute approximate surface area is 102 Å². The lowest BCUT2D eigenvalue weighted by atomic mass is 10.0. The van der Waals surface area contributed by atoms with Gasteiger partial charge in [-0.05, 0) is 25.4 Å². The summed E-state index contributed by atoms with van der Waals surface area (Å²) in [5.41, 5.74) is 5.67. The minimum absolute atomic E-state index is 0.512. The monoisotopic (exact) mass is 241 g/mol. The van der Waals surface area contributed by atoms with Crippen LogP contribution in [0.5, 0.6) is 0 Å². The number of thiazole rings is 1. The molecule has 0 fully saturated rings. The normalized spacial score (nSPS) is 14.9. The van der Waals surface area contributed by atoms with Crippen LogP contribution >= 0.6 is 11.3 Å². The number of nitrogens with two attached hydrogens (primary N) is 1. The van der Waals surface area contributed by atoms with Crippen molar-refractivity contribution in [2.75, 3.05) is 19.6 Å². The lowest BCUT2D eigenvalue weighted by Gasteiger charge is -2.14. The Morgan fingerprint density at radius 2 is 2.38 bits per heavy atom. The van der Waals surface area contributed by atoms with Crippen LogP contribution in [0.4, 0.5) is 0 Å². The maximum atomic E-state index is 5.67. The van der Waals surface area contributed by atoms with E-state index >= 15 is 0 Å². The van der Waals surface area contributed by atoms with Crippen LogP contribution in [0.25, 0.3) is 0 Å². The third kappa shape index (κ3) is 4.60. The van der Waals surface area contributed by atoms with Gasteiger partial charge < -0.3 is 11.1 Å². The second-order valence-corrected chi connectivity index (χ2v) is 5.20. The quantitative estimate of drug-likeness (QED) is 0.686. The molecule has 2 unspecified atom stereocenters. The summed E-state index contributed by atoms with van der Waals surface area (Å²) < 4.78 is 0. The minimum Gasteiger partial charge on any atom is -0.330 e. The SMILES string of the molecule is CCC(CN)CCNCC(C)c1nccs1. The topological polar surface area (TPSA) is 50.9 Å². The molecule has 0 saturated heterocycles. The van der Waals surface area contributed by atoms with Gasteiger partial charge in [0.2, 0.25) is 0 Å². The lowest BCUT2D eigenvalue weighted by Crippen LogP contribution is -2.25. The van der Waals surface area contributed by atoms with Crippen LogP contribution in [-0.2, 0) is 0 Å². The fourth-order valence-corrected chi connectivity index (χ4v) is 2.38. The molecular weight excluding hydrogens is 218 g/mol. The molecule has 4 heteroatoms. The Balaban J connectivity index is 2.11. The van der Waals surface area contributed by atoms with Gasteiger partial charge in [0.15, 0.2) is 0 Å². The van der Waals surface area contributed by atoms with Crippen LogP contribution in [0.3, 0.4) is 0 Å². The van der Waals surface area contributed by atoms with Crippen LogP contribution in [0.15, 0.2) is 11.6 Å². The van der Waals surface area contributed by atoms with Crippen molar-refractivity contribution in [1.82, 2.24) is 10.3 Å². The van der Waals surface area contributed by atoms with Gasteiger partial charge in [-0.15, -0.1) is 11.3 Å². The first-order valence-corrected chi connectivity index (χ1v) is 6.96. The molecule has 1 rings (SSSR count). The lowest BCUT2D eigenvalue weighted by molar-refractivity contribution is 0.455. The van der Waals surface area contributed by atoms with Gasteiger partial charge in [0.05, 0.1) is 5.01 Å². The maximum absolute atomic E-state index is 5.67. The maximum Gasteiger partial charge on any atom is 0.0965 e. The number of nitrogens with zero attached hydrogens (tertiary/aromatic N) is 1. The highest BCUT2D eigenvalue weighted by Gasteiger charge is 2.08. The fraction of sp³-hybridized carbons (Fsp3) is 0.750. The standard InChI is InChI=1S/C12H23N3S/c1-3-11(8-13)4-5-14-9-10(2)12-15-6-7-16-12/h6-7,10-11,14H,3-5,8-9,13H2,1-2H3. The zero-order chi connectivity index (χ0) is 11.8. The first-order valence-electron chi connectivity index (χ1n) is 6.08. The van der Waals surface area contributed by atoms with Crippen molar-refractivity contribution in [3.05, 3.63) is 16.6 Å². The molecular formula is C12H23N3S. The van der Waals surface area contributed by atoms with Crippen molar-refractivity contribution in [3.8, 4) is 0 Å². The van der Waals surface area contributed by atoms with Crippen LogP contribution < -0.4 is 11.1 Å². The smallest absolute Gasteiger partial charge is 0.0965 e. The minimum atomic E-state index is 0.512. The molecule has 0 saturated carbocycles. The zero-order valence-electron chi connectivity index (χ0n) is 10.3. The molecule has 0 aliphatic rings. The highest BCUT2D eigenvalue weighted by molar-refractivity contribution is 7.09. The molecule has 0 bridgehead atoms. The Morgan fingerprint density at radius 3 is 2.94 bits per heavy atom. The number of hydrogen-bond donors (Lipinski definition) is 2. The van der Waals surface area contributed by atoms with Gasteiger partial charge in [-0.25, -0.2) is 4.98 Å². The summed E-state index contributed by atoms with van der Waals surface area (Å²) in [5, 5.41) is 6.74. The van der Waals surface area contributed by atoms with Crippen molar-refractivity contribution in [2.45, 2.75) is 32.6 Å². The number of rotatable bonds is 8. The first-order chi connectivity index (χ1) is 7.77. The third-order valence-corrected chi connectivity index (χ3v) is 3.97. The van der Waals surface area contributed by atoms with E-state index < -0.39 is 0 Å². The Hall–Kier alpha value is -0.450. The van der Waals surface area contributed by atoms with Crippen LogP contribution in [0.1, 0.15) is 37.6 Å². The molecule has 16 heavy (non-hydrogen) atoms. The molecule has 1 aromatic heterocycles. The van der Waals surface area contributed by atoms with Gasteiger partial charge in [-0.3, -0.25) is 0 Å². The van der Waals surface area contributed by atoms with E-state index in [1.807, 2.05) is 11.6 Å². The van der Waals surface area contributed by atoms with E-state index in [9.17, 15) is 0 Å². The van der Waals surface area contributed by atoms with Gasteiger partial charge in [-0.1, -0.05) is 20.3 Å². The molecule has 0 amide bonds. The molecule has 0 aliphatic carbocycles. The van der Waals surface area contributed by atoms with Crippen molar-refractivity contribution < 1.29 is 0 Å². The van der Waals surface area contributed by atoms with E-state index in [2.05, 4.69) is 24.1 Å². The van der Waals surface area contributed by atoms with Gasteiger partial charge >= 0.3 is 0 Å². The van der Waals surface area contributed by atoms with Gasteiger partial charge in [0.1, 0.15) is 0 Å². The molecule has 0 aromatic carbocycles. The summed E-state index contributed by atoms with van der Waals surface area (Å²) in [4.78, 5) is 4.32. The predicted octanol–water partition coefficient (Wildman–Crippen LogP) is 2.21. The van der Waals surface area contributed by atoms with E-state index in [0.717, 1.165) is 19.6 Å². The van der Waals surface area contributed by atoms with Gasteiger partial charge in [0.25, 0.3) is 0 Å². The Kier molecular flexibility index (Phi) is 6.61. The molecule has 0 spiro atoms. The Morgan fingerprint density at radius 1 is 1.56 bits per heavy atom. The summed E-state index contributed by atoms with van der Waals surface area (Å²) in [6, 6.07) is 0. The summed E-state index contributed by atoms with van der Waals surface area (Å²) in [7, 11) is 0. The molecule has 3 N–H and O–H groups in total. The fourth-order valence-electron chi connectivity index (χ4n) is 1.68. The second kappa shape index (κ2) is 7.76. The molecule has 2 atom stereocenters. The largest absolute Gasteiger partial charge is 0.330 e. The van der Waals surface area contributed by atoms with E-state index in [4.69, 9.17) is 5.73 Å². The molecule has 3 nitrogen and oxygen atoms in total. The van der Waals surface area contributed by atoms with Crippen LogP contribution in [-0.4, -0.2) is 24.6 Å². The first kappa shape index (κ1) is 13.6. The van der Waals surface area contributed by atoms with Crippen LogP contribution in [0.2, 0.25) is 0 Å². The molecule has 1 heterocycles. The van der Waals surface area contributed by atoms with Gasteiger partial charge in [0, 0.05) is 24.0 Å². The summed E-state index contributed by atoms with van der Waals surface area (Å²) >= 11 is 1.73. The zero-order valence-corrected chi connectivity index (χ0v) is 11.1. The molecule has 1 aromatic rings. The van der Waals surface area contributed by atoms with E-state index in [1.165, 1.54) is 17.8 Å². The highest BCUT2D eigenvalue weighted by Crippen LogP contribution is 2.16. The van der Waals surface area contributed by atoms with Crippen molar-refractivity contribution in [3.63, 3.8) is 0 Å². The van der Waals surface area contributed by atoms with E-state index in [-0.39, 0.29) is 0 Å². The number of aromatic nitrogens is 1. The van der Waals surface area contributed by atoms with Crippen molar-refractivity contribution in [2.24, 2.45) is 11.7 Å². The number of hydrogen-bond acceptors (Lipinski definition) is 4. The van der Waals surface area contributed by atoms with Crippen LogP contribution in [0, 0.1) is 5.92 Å². The average molecular weight is 241 g/mol.